The standard InChI is InChI=1S/C27H27N3O4S/c1-27(26(32)28-15-20-6-4-5-7-23(20)34-3)17-29-22(14-19-12-13-35-25(19)29)24(31)30(27)16-18-8-10-21(33-2)11-9-18/h4-14H,15-17H2,1-3H3,(H,28,32). The highest BCUT2D eigenvalue weighted by molar-refractivity contribution is 7.16. The van der Waals surface area contributed by atoms with Gasteiger partial charge in [0, 0.05) is 24.0 Å². The van der Waals surface area contributed by atoms with Gasteiger partial charge in [-0.15, -0.1) is 11.3 Å². The fourth-order valence-corrected chi connectivity index (χ4v) is 5.53. The van der Waals surface area contributed by atoms with E-state index in [2.05, 4.69) is 5.32 Å². The third-order valence-electron chi connectivity index (χ3n) is 6.65. The third kappa shape index (κ3) is 4.04. The van der Waals surface area contributed by atoms with Gasteiger partial charge >= 0.3 is 0 Å². The van der Waals surface area contributed by atoms with Gasteiger partial charge in [0.1, 0.15) is 27.6 Å². The molecule has 0 bridgehead atoms. The van der Waals surface area contributed by atoms with Crippen LogP contribution in [0.4, 0.5) is 0 Å². The molecule has 0 fully saturated rings. The minimum atomic E-state index is -1.10. The molecule has 35 heavy (non-hydrogen) atoms. The van der Waals surface area contributed by atoms with Crippen molar-refractivity contribution in [2.75, 3.05) is 14.2 Å². The number of aromatic nitrogens is 1. The number of rotatable bonds is 7. The maximum Gasteiger partial charge on any atom is 0.271 e. The maximum atomic E-state index is 13.8. The summed E-state index contributed by atoms with van der Waals surface area (Å²) in [6.45, 7) is 2.82. The van der Waals surface area contributed by atoms with Crippen molar-refractivity contribution in [1.82, 2.24) is 14.8 Å². The van der Waals surface area contributed by atoms with E-state index < -0.39 is 5.54 Å². The number of hydrogen-bond acceptors (Lipinski definition) is 5. The second kappa shape index (κ2) is 9.11. The Morgan fingerprint density at radius 1 is 1.09 bits per heavy atom. The number of fused-ring (bicyclic) bond motifs is 3. The van der Waals surface area contributed by atoms with Crippen LogP contribution in [0.3, 0.4) is 0 Å². The van der Waals surface area contributed by atoms with Gasteiger partial charge in [-0.3, -0.25) is 9.59 Å². The molecule has 1 aliphatic heterocycles. The number of hydrogen-bond donors (Lipinski definition) is 1. The molecule has 5 rings (SSSR count). The lowest BCUT2D eigenvalue weighted by molar-refractivity contribution is -0.133. The van der Waals surface area contributed by atoms with Crippen molar-refractivity contribution in [3.8, 4) is 11.5 Å². The highest BCUT2D eigenvalue weighted by atomic mass is 32.1. The first-order valence-electron chi connectivity index (χ1n) is 11.4. The molecular weight excluding hydrogens is 462 g/mol. The van der Waals surface area contributed by atoms with Gasteiger partial charge in [-0.05, 0) is 48.2 Å². The second-order valence-electron chi connectivity index (χ2n) is 8.80. The van der Waals surface area contributed by atoms with Gasteiger partial charge in [0.15, 0.2) is 0 Å². The fourth-order valence-electron chi connectivity index (χ4n) is 4.63. The van der Waals surface area contributed by atoms with Crippen molar-refractivity contribution in [3.05, 3.63) is 82.9 Å². The molecule has 2 amide bonds. The summed E-state index contributed by atoms with van der Waals surface area (Å²) in [5.41, 5.74) is 1.31. The van der Waals surface area contributed by atoms with Crippen LogP contribution < -0.4 is 14.8 Å². The molecule has 0 saturated carbocycles. The fraction of sp³-hybridized carbons (Fsp3) is 0.259. The summed E-state index contributed by atoms with van der Waals surface area (Å²) in [7, 11) is 3.23. The van der Waals surface area contributed by atoms with E-state index in [9.17, 15) is 9.59 Å². The summed E-state index contributed by atoms with van der Waals surface area (Å²) in [5, 5.41) is 6.08. The number of nitrogens with one attached hydrogen (secondary N) is 1. The molecule has 7 nitrogen and oxygen atoms in total. The topological polar surface area (TPSA) is 72.8 Å². The summed E-state index contributed by atoms with van der Waals surface area (Å²) < 4.78 is 12.7. The molecule has 8 heteroatoms. The molecule has 0 radical (unpaired) electrons. The third-order valence-corrected chi connectivity index (χ3v) is 7.60. The van der Waals surface area contributed by atoms with E-state index in [-0.39, 0.29) is 11.8 Å². The second-order valence-corrected chi connectivity index (χ2v) is 9.70. The first-order chi connectivity index (χ1) is 16.9. The molecule has 0 saturated heterocycles. The largest absolute Gasteiger partial charge is 0.497 e. The number of carbonyl (C=O) groups excluding carboxylic acids is 2. The number of amides is 2. The van der Waals surface area contributed by atoms with E-state index in [1.807, 2.05) is 77.5 Å². The van der Waals surface area contributed by atoms with Crippen molar-refractivity contribution in [3.63, 3.8) is 0 Å². The lowest BCUT2D eigenvalue weighted by Gasteiger charge is -2.44. The number of benzene rings is 2. The summed E-state index contributed by atoms with van der Waals surface area (Å²) in [5.74, 6) is 1.07. The summed E-state index contributed by atoms with van der Waals surface area (Å²) in [6, 6.07) is 19.1. The zero-order valence-electron chi connectivity index (χ0n) is 19.9. The predicted molar refractivity (Wildman–Crippen MR) is 136 cm³/mol. The summed E-state index contributed by atoms with van der Waals surface area (Å²) >= 11 is 1.58. The first-order valence-corrected chi connectivity index (χ1v) is 12.2. The highest BCUT2D eigenvalue weighted by Crippen LogP contribution is 2.35. The summed E-state index contributed by atoms with van der Waals surface area (Å²) in [6.07, 6.45) is 0. The molecule has 1 unspecified atom stereocenters. The van der Waals surface area contributed by atoms with Crippen LogP contribution in [0.1, 0.15) is 28.5 Å². The molecule has 4 aromatic rings. The van der Waals surface area contributed by atoms with Crippen LogP contribution >= 0.6 is 11.3 Å². The van der Waals surface area contributed by atoms with Crippen LogP contribution in [0.5, 0.6) is 11.5 Å². The normalized spacial score (nSPS) is 17.3. The lowest BCUT2D eigenvalue weighted by atomic mass is 9.93. The molecule has 2 aromatic heterocycles. The molecule has 180 valence electrons. The first kappa shape index (κ1) is 23.0. The molecule has 0 spiro atoms. The SMILES string of the molecule is COc1ccc(CN2C(=O)c3cc4ccsc4n3CC2(C)C(=O)NCc2ccccc2OC)cc1. The minimum absolute atomic E-state index is 0.162. The van der Waals surface area contributed by atoms with E-state index >= 15 is 0 Å². The summed E-state index contributed by atoms with van der Waals surface area (Å²) in [4.78, 5) is 30.2. The molecule has 0 aliphatic carbocycles. The Bertz CT molecular complexity index is 1390. The number of ether oxygens (including phenoxy) is 2. The molecule has 2 aromatic carbocycles. The minimum Gasteiger partial charge on any atom is -0.497 e. The van der Waals surface area contributed by atoms with Crippen molar-refractivity contribution in [1.29, 1.82) is 0 Å². The van der Waals surface area contributed by atoms with Gasteiger partial charge in [0.2, 0.25) is 5.91 Å². The van der Waals surface area contributed by atoms with E-state index in [0.29, 0.717) is 31.1 Å². The zero-order valence-corrected chi connectivity index (χ0v) is 20.7. The average Bonchev–Trinajstić information content (AvgIpc) is 3.48. The lowest BCUT2D eigenvalue weighted by Crippen LogP contribution is -2.63. The van der Waals surface area contributed by atoms with Crippen LogP contribution in [0.2, 0.25) is 0 Å². The van der Waals surface area contributed by atoms with Crippen LogP contribution in [0.15, 0.2) is 66.0 Å². The van der Waals surface area contributed by atoms with E-state index in [1.54, 1.807) is 30.5 Å². The van der Waals surface area contributed by atoms with Gasteiger partial charge in [0.25, 0.3) is 5.91 Å². The Kier molecular flexibility index (Phi) is 5.98. The zero-order chi connectivity index (χ0) is 24.6. The van der Waals surface area contributed by atoms with Gasteiger partial charge in [-0.2, -0.15) is 0 Å². The number of nitrogens with zero attached hydrogens (tertiary/aromatic N) is 2. The Morgan fingerprint density at radius 2 is 1.86 bits per heavy atom. The predicted octanol–water partition coefficient (Wildman–Crippen LogP) is 4.45. The van der Waals surface area contributed by atoms with Gasteiger partial charge < -0.3 is 24.3 Å². The van der Waals surface area contributed by atoms with Crippen molar-refractivity contribution >= 4 is 33.4 Å². The average molecular weight is 490 g/mol. The van der Waals surface area contributed by atoms with E-state index in [4.69, 9.17) is 9.47 Å². The molecule has 1 aliphatic rings. The van der Waals surface area contributed by atoms with E-state index in [1.165, 1.54) is 0 Å². The van der Waals surface area contributed by atoms with Gasteiger partial charge in [-0.25, -0.2) is 0 Å². The van der Waals surface area contributed by atoms with E-state index in [0.717, 1.165) is 27.1 Å². The smallest absolute Gasteiger partial charge is 0.271 e. The quantitative estimate of drug-likeness (QED) is 0.416. The Hall–Kier alpha value is -3.78. The highest BCUT2D eigenvalue weighted by Gasteiger charge is 2.47. The molecule has 3 heterocycles. The van der Waals surface area contributed by atoms with Crippen molar-refractivity contribution in [2.24, 2.45) is 0 Å². The molecular formula is C27H27N3O4S. The Balaban J connectivity index is 1.49. The van der Waals surface area contributed by atoms with Crippen molar-refractivity contribution in [2.45, 2.75) is 32.1 Å². The number of thiophene rings is 1. The number of para-hydroxylation sites is 1. The maximum absolute atomic E-state index is 13.8. The Labute approximate surface area is 207 Å². The Morgan fingerprint density at radius 3 is 2.60 bits per heavy atom. The van der Waals surface area contributed by atoms with Crippen LogP contribution in [0, 0.1) is 0 Å². The van der Waals surface area contributed by atoms with Gasteiger partial charge in [0.05, 0.1) is 20.8 Å². The molecule has 1 N–H and O–H groups in total. The monoisotopic (exact) mass is 489 g/mol. The molecule has 1 atom stereocenters. The van der Waals surface area contributed by atoms with Gasteiger partial charge in [-0.1, -0.05) is 30.3 Å². The van der Waals surface area contributed by atoms with Crippen molar-refractivity contribution < 1.29 is 19.1 Å². The van der Waals surface area contributed by atoms with Crippen LogP contribution in [-0.2, 0) is 24.4 Å². The van der Waals surface area contributed by atoms with Crippen LogP contribution in [-0.4, -0.2) is 41.0 Å². The number of carbonyl (C=O) groups is 2. The van der Waals surface area contributed by atoms with Crippen LogP contribution in [0.25, 0.3) is 10.2 Å². The number of methoxy groups -OCH3 is 2.